The Hall–Kier alpha value is -2.70. The van der Waals surface area contributed by atoms with E-state index < -0.39 is 18.5 Å². The Labute approximate surface area is 114 Å². The highest BCUT2D eigenvalue weighted by Gasteiger charge is 2.15. The maximum atomic E-state index is 11.8. The van der Waals surface area contributed by atoms with E-state index >= 15 is 0 Å². The molecule has 1 aliphatic heterocycles. The van der Waals surface area contributed by atoms with Crippen molar-refractivity contribution in [2.75, 3.05) is 25.1 Å². The Bertz CT molecular complexity index is 522. The van der Waals surface area contributed by atoms with Gasteiger partial charge in [0.2, 0.25) is 5.76 Å². The van der Waals surface area contributed by atoms with Gasteiger partial charge in [-0.15, -0.1) is 0 Å². The van der Waals surface area contributed by atoms with Gasteiger partial charge in [0.15, 0.2) is 6.61 Å². The molecule has 106 valence electrons. The molecule has 1 heterocycles. The van der Waals surface area contributed by atoms with Crippen LogP contribution in [-0.4, -0.2) is 36.8 Å². The zero-order valence-corrected chi connectivity index (χ0v) is 10.5. The van der Waals surface area contributed by atoms with Gasteiger partial charge in [-0.2, -0.15) is 0 Å². The highest BCUT2D eigenvalue weighted by atomic mass is 16.6. The maximum absolute atomic E-state index is 11.8. The zero-order chi connectivity index (χ0) is 14.4. The number of aliphatic carboxylic acids is 1. The molecule has 0 spiro atoms. The monoisotopic (exact) mass is 279 g/mol. The van der Waals surface area contributed by atoms with Crippen LogP contribution in [0.5, 0.6) is 5.75 Å². The summed E-state index contributed by atoms with van der Waals surface area (Å²) in [6, 6.07) is 6.31. The Morgan fingerprint density at radius 3 is 2.60 bits per heavy atom. The van der Waals surface area contributed by atoms with E-state index in [1.165, 1.54) is 6.26 Å². The highest BCUT2D eigenvalue weighted by Crippen LogP contribution is 2.17. The number of carboxylic acids is 1. The standard InChI is InChI=1S/C13H13NO6/c15-12(16)8-20-10-3-1-9(2-4-10)14-13(17)11-7-18-5-6-19-11/h1-4,7H,5-6,8H2,(H,14,17)(H,15,16). The van der Waals surface area contributed by atoms with E-state index in [1.54, 1.807) is 24.3 Å². The number of ether oxygens (including phenoxy) is 3. The van der Waals surface area contributed by atoms with Gasteiger partial charge < -0.3 is 24.6 Å². The number of nitrogens with one attached hydrogen (secondary N) is 1. The first-order valence-corrected chi connectivity index (χ1v) is 5.86. The number of carbonyl (C=O) groups is 2. The maximum Gasteiger partial charge on any atom is 0.341 e. The first-order chi connectivity index (χ1) is 9.65. The van der Waals surface area contributed by atoms with Crippen LogP contribution in [-0.2, 0) is 19.1 Å². The summed E-state index contributed by atoms with van der Waals surface area (Å²) in [6.07, 6.45) is 1.27. The lowest BCUT2D eigenvalue weighted by Gasteiger charge is -2.15. The largest absolute Gasteiger partial charge is 0.494 e. The molecule has 2 rings (SSSR count). The van der Waals surface area contributed by atoms with E-state index in [9.17, 15) is 9.59 Å². The highest BCUT2D eigenvalue weighted by molar-refractivity contribution is 6.02. The minimum Gasteiger partial charge on any atom is -0.494 e. The van der Waals surface area contributed by atoms with E-state index in [2.05, 4.69) is 5.32 Å². The van der Waals surface area contributed by atoms with Gasteiger partial charge in [-0.05, 0) is 24.3 Å². The molecule has 0 fully saturated rings. The number of rotatable bonds is 5. The fraction of sp³-hybridized carbons (Fsp3) is 0.231. The van der Waals surface area contributed by atoms with Gasteiger partial charge in [-0.3, -0.25) is 4.79 Å². The van der Waals surface area contributed by atoms with Crippen LogP contribution in [0.1, 0.15) is 0 Å². The van der Waals surface area contributed by atoms with Crippen LogP contribution in [0.25, 0.3) is 0 Å². The zero-order valence-electron chi connectivity index (χ0n) is 10.5. The van der Waals surface area contributed by atoms with Crippen molar-refractivity contribution in [1.29, 1.82) is 0 Å². The molecule has 0 bridgehead atoms. The first kappa shape index (κ1) is 13.7. The average Bonchev–Trinajstić information content (AvgIpc) is 2.47. The summed E-state index contributed by atoms with van der Waals surface area (Å²) in [5.41, 5.74) is 0.535. The third kappa shape index (κ3) is 3.91. The second kappa shape index (κ2) is 6.46. The summed E-state index contributed by atoms with van der Waals surface area (Å²) in [5.74, 6) is -0.947. The molecule has 0 aliphatic carbocycles. The second-order valence-corrected chi connectivity index (χ2v) is 3.86. The molecule has 0 unspecified atom stereocenters. The van der Waals surface area contributed by atoms with Crippen molar-refractivity contribution >= 4 is 17.6 Å². The molecule has 20 heavy (non-hydrogen) atoms. The van der Waals surface area contributed by atoms with Gasteiger partial charge in [0.05, 0.1) is 0 Å². The summed E-state index contributed by atoms with van der Waals surface area (Å²) in [6.45, 7) is 0.345. The number of hydrogen-bond donors (Lipinski definition) is 2. The number of anilines is 1. The predicted molar refractivity (Wildman–Crippen MR) is 68.2 cm³/mol. The predicted octanol–water partition coefficient (Wildman–Crippen LogP) is 0.977. The molecule has 0 atom stereocenters. The van der Waals surface area contributed by atoms with Gasteiger partial charge in [-0.1, -0.05) is 0 Å². The summed E-state index contributed by atoms with van der Waals surface area (Å²) in [7, 11) is 0. The van der Waals surface area contributed by atoms with Crippen LogP contribution in [0.3, 0.4) is 0 Å². The normalized spacial score (nSPS) is 13.5. The number of hydrogen-bond acceptors (Lipinski definition) is 5. The van der Waals surface area contributed by atoms with Crippen molar-refractivity contribution in [3.63, 3.8) is 0 Å². The summed E-state index contributed by atoms with van der Waals surface area (Å²) in [4.78, 5) is 22.1. The van der Waals surface area contributed by atoms with Crippen LogP contribution in [0.15, 0.2) is 36.3 Å². The second-order valence-electron chi connectivity index (χ2n) is 3.86. The molecule has 1 amide bonds. The van der Waals surface area contributed by atoms with E-state index in [4.69, 9.17) is 19.3 Å². The molecule has 0 aromatic heterocycles. The minimum absolute atomic E-state index is 0.113. The van der Waals surface area contributed by atoms with Crippen molar-refractivity contribution in [2.45, 2.75) is 0 Å². The molecular formula is C13H13NO6. The Kier molecular flexibility index (Phi) is 4.43. The van der Waals surface area contributed by atoms with Gasteiger partial charge in [0.1, 0.15) is 25.2 Å². The first-order valence-electron chi connectivity index (χ1n) is 5.86. The molecule has 1 aromatic carbocycles. The van der Waals surface area contributed by atoms with E-state index in [0.717, 1.165) is 0 Å². The molecule has 0 radical (unpaired) electrons. The number of amides is 1. The van der Waals surface area contributed by atoms with Crippen LogP contribution in [0.2, 0.25) is 0 Å². The molecule has 7 nitrogen and oxygen atoms in total. The third-order valence-electron chi connectivity index (χ3n) is 2.35. The SMILES string of the molecule is O=C(O)COc1ccc(NC(=O)C2=COCCO2)cc1. The quantitative estimate of drug-likeness (QED) is 0.834. The number of carboxylic acid groups (broad SMARTS) is 1. The van der Waals surface area contributed by atoms with Crippen molar-refractivity contribution in [3.05, 3.63) is 36.3 Å². The molecule has 1 aliphatic rings. The van der Waals surface area contributed by atoms with Gasteiger partial charge >= 0.3 is 5.97 Å². The fourth-order valence-corrected chi connectivity index (χ4v) is 1.46. The van der Waals surface area contributed by atoms with Crippen LogP contribution in [0.4, 0.5) is 5.69 Å². The van der Waals surface area contributed by atoms with Crippen LogP contribution < -0.4 is 10.1 Å². The topological polar surface area (TPSA) is 94.1 Å². The number of carbonyl (C=O) groups excluding carboxylic acids is 1. The van der Waals surface area contributed by atoms with Crippen LogP contribution in [0, 0.1) is 0 Å². The molecule has 1 aromatic rings. The molecular weight excluding hydrogens is 266 g/mol. The third-order valence-corrected chi connectivity index (χ3v) is 2.35. The van der Waals surface area contributed by atoms with Gasteiger partial charge in [0, 0.05) is 5.69 Å². The van der Waals surface area contributed by atoms with Gasteiger partial charge in [-0.25, -0.2) is 4.79 Å². The van der Waals surface area contributed by atoms with Crippen molar-refractivity contribution in [3.8, 4) is 5.75 Å². The van der Waals surface area contributed by atoms with Crippen LogP contribution >= 0.6 is 0 Å². The van der Waals surface area contributed by atoms with Crippen molar-refractivity contribution in [1.82, 2.24) is 0 Å². The number of benzene rings is 1. The fourth-order valence-electron chi connectivity index (χ4n) is 1.46. The average molecular weight is 279 g/mol. The molecule has 2 N–H and O–H groups in total. The van der Waals surface area contributed by atoms with Crippen molar-refractivity contribution < 1.29 is 28.9 Å². The summed E-state index contributed by atoms with van der Waals surface area (Å²) >= 11 is 0. The summed E-state index contributed by atoms with van der Waals surface area (Å²) < 4.78 is 15.1. The Balaban J connectivity index is 1.91. The van der Waals surface area contributed by atoms with Gasteiger partial charge in [0.25, 0.3) is 5.91 Å². The molecule has 0 saturated carbocycles. The lowest BCUT2D eigenvalue weighted by molar-refractivity contribution is -0.139. The smallest absolute Gasteiger partial charge is 0.341 e. The summed E-state index contributed by atoms with van der Waals surface area (Å²) in [5, 5.41) is 11.1. The Morgan fingerprint density at radius 1 is 1.25 bits per heavy atom. The van der Waals surface area contributed by atoms with E-state index in [-0.39, 0.29) is 5.76 Å². The molecule has 0 saturated heterocycles. The molecule has 7 heteroatoms. The van der Waals surface area contributed by atoms with E-state index in [0.29, 0.717) is 24.7 Å². The van der Waals surface area contributed by atoms with E-state index in [1.807, 2.05) is 0 Å². The minimum atomic E-state index is -1.05. The Morgan fingerprint density at radius 2 is 2.00 bits per heavy atom. The van der Waals surface area contributed by atoms with Crippen molar-refractivity contribution in [2.24, 2.45) is 0 Å². The lowest BCUT2D eigenvalue weighted by Crippen LogP contribution is -2.21. The lowest BCUT2D eigenvalue weighted by atomic mass is 10.3.